The highest BCUT2D eigenvalue weighted by Crippen LogP contribution is 2.15. The molecule has 0 bridgehead atoms. The molecule has 0 aliphatic rings. The van der Waals surface area contributed by atoms with Gasteiger partial charge in [-0.25, -0.2) is 4.98 Å². The van der Waals surface area contributed by atoms with Crippen molar-refractivity contribution in [1.82, 2.24) is 10.3 Å². The molecule has 0 aromatic carbocycles. The topological polar surface area (TPSA) is 88.2 Å². The second-order valence-corrected chi connectivity index (χ2v) is 4.51. The number of hydrogen-bond donors (Lipinski definition) is 3. The Morgan fingerprint density at radius 2 is 2.35 bits per heavy atom. The van der Waals surface area contributed by atoms with Crippen LogP contribution in [0.3, 0.4) is 0 Å². The van der Waals surface area contributed by atoms with E-state index in [-0.39, 0.29) is 28.9 Å². The van der Waals surface area contributed by atoms with Crippen LogP contribution in [0.1, 0.15) is 30.6 Å². The average Bonchev–Trinajstić information content (AvgIpc) is 2.29. The Kier molecular flexibility index (Phi) is 4.31. The first kappa shape index (κ1) is 13.7. The van der Waals surface area contributed by atoms with Crippen LogP contribution in [0.5, 0.6) is 0 Å². The second-order valence-electron chi connectivity index (χ2n) is 4.13. The summed E-state index contributed by atoms with van der Waals surface area (Å²) in [6.07, 6.45) is 1.87. The lowest BCUT2D eigenvalue weighted by atomic mass is 10.0. The van der Waals surface area contributed by atoms with E-state index in [2.05, 4.69) is 10.3 Å². The van der Waals surface area contributed by atoms with Crippen molar-refractivity contribution in [2.24, 2.45) is 0 Å². The molecule has 1 unspecified atom stereocenters. The molecule has 1 atom stereocenters. The monoisotopic (exact) mass is 257 g/mol. The predicted molar refractivity (Wildman–Crippen MR) is 66.9 cm³/mol. The molecule has 1 amide bonds. The van der Waals surface area contributed by atoms with Gasteiger partial charge in [0.2, 0.25) is 0 Å². The fourth-order valence-electron chi connectivity index (χ4n) is 1.13. The first-order valence-electron chi connectivity index (χ1n) is 5.27. The van der Waals surface area contributed by atoms with E-state index >= 15 is 0 Å². The van der Waals surface area contributed by atoms with Crippen LogP contribution in [0.25, 0.3) is 0 Å². The van der Waals surface area contributed by atoms with Crippen molar-refractivity contribution in [3.8, 4) is 0 Å². The summed E-state index contributed by atoms with van der Waals surface area (Å²) in [5.74, 6) is -0.375. The molecule has 1 rings (SSSR count). The number of pyridine rings is 1. The summed E-state index contributed by atoms with van der Waals surface area (Å²) in [6.45, 7) is 3.64. The van der Waals surface area contributed by atoms with Gasteiger partial charge < -0.3 is 16.2 Å². The molecule has 0 aliphatic carbocycles. The van der Waals surface area contributed by atoms with Crippen LogP contribution in [0.2, 0.25) is 5.15 Å². The minimum atomic E-state index is -0.929. The summed E-state index contributed by atoms with van der Waals surface area (Å²) in [6, 6.07) is 1.40. The molecule has 5 nitrogen and oxygen atoms in total. The number of nitrogens with two attached hydrogens (primary N) is 1. The molecule has 1 heterocycles. The number of nitrogens with zero attached hydrogens (tertiary/aromatic N) is 1. The van der Waals surface area contributed by atoms with E-state index in [4.69, 9.17) is 17.3 Å². The molecule has 0 aliphatic heterocycles. The zero-order valence-corrected chi connectivity index (χ0v) is 10.6. The van der Waals surface area contributed by atoms with E-state index in [1.165, 1.54) is 12.3 Å². The van der Waals surface area contributed by atoms with E-state index in [0.717, 1.165) is 0 Å². The summed E-state index contributed by atoms with van der Waals surface area (Å²) in [4.78, 5) is 15.5. The van der Waals surface area contributed by atoms with Crippen molar-refractivity contribution in [1.29, 1.82) is 0 Å². The van der Waals surface area contributed by atoms with Gasteiger partial charge >= 0.3 is 0 Å². The summed E-state index contributed by atoms with van der Waals surface area (Å²) in [5.41, 5.74) is 5.20. The number of aromatic nitrogens is 1. The van der Waals surface area contributed by atoms with E-state index < -0.39 is 5.60 Å². The molecule has 0 spiro atoms. The molecular weight excluding hydrogens is 242 g/mol. The van der Waals surface area contributed by atoms with Crippen LogP contribution in [-0.2, 0) is 0 Å². The minimum absolute atomic E-state index is 0.154. The lowest BCUT2D eigenvalue weighted by Gasteiger charge is -2.21. The van der Waals surface area contributed by atoms with Crippen molar-refractivity contribution in [3.63, 3.8) is 0 Å². The zero-order valence-electron chi connectivity index (χ0n) is 9.83. The highest BCUT2D eigenvalue weighted by molar-refractivity contribution is 6.29. The maximum Gasteiger partial charge on any atom is 0.253 e. The highest BCUT2D eigenvalue weighted by atomic mass is 35.5. The maximum absolute atomic E-state index is 11.8. The highest BCUT2D eigenvalue weighted by Gasteiger charge is 2.19. The van der Waals surface area contributed by atoms with Crippen LogP contribution >= 0.6 is 11.6 Å². The lowest BCUT2D eigenvalue weighted by Crippen LogP contribution is -2.40. The number of aliphatic hydroxyl groups is 1. The van der Waals surface area contributed by atoms with Gasteiger partial charge in [-0.2, -0.15) is 0 Å². The Morgan fingerprint density at radius 3 is 2.94 bits per heavy atom. The third-order valence-corrected chi connectivity index (χ3v) is 2.74. The van der Waals surface area contributed by atoms with Gasteiger partial charge in [0.25, 0.3) is 5.91 Å². The average molecular weight is 258 g/mol. The van der Waals surface area contributed by atoms with Crippen LogP contribution in [-0.4, -0.2) is 28.1 Å². The molecule has 0 radical (unpaired) electrons. The number of halogens is 1. The third-order valence-electron chi connectivity index (χ3n) is 2.54. The predicted octanol–water partition coefficient (Wildman–Crippen LogP) is 1.21. The molecule has 4 N–H and O–H groups in total. The number of hydrogen-bond acceptors (Lipinski definition) is 4. The Morgan fingerprint density at radius 1 is 1.71 bits per heavy atom. The van der Waals surface area contributed by atoms with Crippen LogP contribution in [0.15, 0.2) is 12.3 Å². The van der Waals surface area contributed by atoms with Crippen LogP contribution in [0, 0.1) is 0 Å². The van der Waals surface area contributed by atoms with Crippen LogP contribution < -0.4 is 11.1 Å². The molecule has 1 aromatic rings. The molecule has 1 aromatic heterocycles. The van der Waals surface area contributed by atoms with Gasteiger partial charge in [-0.3, -0.25) is 4.79 Å². The van der Waals surface area contributed by atoms with E-state index in [9.17, 15) is 9.90 Å². The van der Waals surface area contributed by atoms with Gasteiger partial charge in [0.1, 0.15) is 5.15 Å². The molecule has 0 saturated heterocycles. The van der Waals surface area contributed by atoms with Crippen molar-refractivity contribution >= 4 is 23.2 Å². The summed E-state index contributed by atoms with van der Waals surface area (Å²) < 4.78 is 0. The van der Waals surface area contributed by atoms with Gasteiger partial charge in [0, 0.05) is 6.54 Å². The third kappa shape index (κ3) is 3.87. The van der Waals surface area contributed by atoms with Crippen LogP contribution in [0.4, 0.5) is 5.69 Å². The van der Waals surface area contributed by atoms with E-state index in [1.54, 1.807) is 6.92 Å². The number of nitrogen functional groups attached to an aromatic ring is 1. The van der Waals surface area contributed by atoms with Gasteiger partial charge in [-0.1, -0.05) is 18.5 Å². The number of carbonyl (C=O) groups excluding carboxylic acids is 1. The fourth-order valence-corrected chi connectivity index (χ4v) is 1.29. The van der Waals surface area contributed by atoms with Gasteiger partial charge in [0.15, 0.2) is 0 Å². The lowest BCUT2D eigenvalue weighted by molar-refractivity contribution is 0.0518. The second kappa shape index (κ2) is 5.33. The molecule has 94 valence electrons. The molecule has 17 heavy (non-hydrogen) atoms. The standard InChI is InChI=1S/C11H16ClN3O2/c1-3-11(2,17)6-15-10(16)7-4-9(12)14-5-8(7)13/h4-5,17H,3,6,13H2,1-2H3,(H,15,16). The van der Waals surface area contributed by atoms with Crippen molar-refractivity contribution < 1.29 is 9.90 Å². The number of amides is 1. The molecule has 6 heteroatoms. The summed E-state index contributed by atoms with van der Waals surface area (Å²) in [5, 5.41) is 12.6. The number of rotatable bonds is 4. The largest absolute Gasteiger partial charge is 0.397 e. The Bertz CT molecular complexity index is 421. The van der Waals surface area contributed by atoms with E-state index in [0.29, 0.717) is 6.42 Å². The van der Waals surface area contributed by atoms with Crippen molar-refractivity contribution in [2.45, 2.75) is 25.9 Å². The Hall–Kier alpha value is -1.33. The Balaban J connectivity index is 2.74. The first-order valence-corrected chi connectivity index (χ1v) is 5.65. The fraction of sp³-hybridized carbons (Fsp3) is 0.455. The summed E-state index contributed by atoms with van der Waals surface area (Å²) in [7, 11) is 0. The molecular formula is C11H16ClN3O2. The quantitative estimate of drug-likeness (QED) is 0.708. The van der Waals surface area contributed by atoms with Gasteiger partial charge in [-0.15, -0.1) is 0 Å². The smallest absolute Gasteiger partial charge is 0.253 e. The van der Waals surface area contributed by atoms with E-state index in [1.807, 2.05) is 6.92 Å². The normalized spacial score (nSPS) is 14.1. The van der Waals surface area contributed by atoms with Crippen molar-refractivity contribution in [2.75, 3.05) is 12.3 Å². The van der Waals surface area contributed by atoms with Gasteiger partial charge in [0.05, 0.1) is 23.0 Å². The SMILES string of the molecule is CCC(C)(O)CNC(=O)c1cc(Cl)ncc1N. The number of nitrogens with one attached hydrogen (secondary N) is 1. The zero-order chi connectivity index (χ0) is 13.1. The maximum atomic E-state index is 11.8. The first-order chi connectivity index (χ1) is 7.85. The number of carbonyl (C=O) groups is 1. The minimum Gasteiger partial charge on any atom is -0.397 e. The van der Waals surface area contributed by atoms with Crippen molar-refractivity contribution in [3.05, 3.63) is 23.0 Å². The molecule has 0 fully saturated rings. The molecule has 0 saturated carbocycles. The van der Waals surface area contributed by atoms with Gasteiger partial charge in [-0.05, 0) is 19.4 Å². The summed E-state index contributed by atoms with van der Waals surface area (Å²) >= 11 is 5.68. The number of anilines is 1. The Labute approximate surface area is 105 Å².